The first-order valence-corrected chi connectivity index (χ1v) is 6.74. The molecule has 10 heteroatoms. The van der Waals surface area contributed by atoms with Crippen molar-refractivity contribution in [2.45, 2.75) is 37.4 Å². The van der Waals surface area contributed by atoms with Crippen LogP contribution in [0.15, 0.2) is 0 Å². The van der Waals surface area contributed by atoms with Crippen LogP contribution in [0, 0.1) is 0 Å². The molecule has 0 saturated carbocycles. The van der Waals surface area contributed by atoms with E-state index in [2.05, 4.69) is 5.32 Å². The minimum Gasteiger partial charge on any atom is -0.480 e. The van der Waals surface area contributed by atoms with Crippen LogP contribution in [0.1, 0.15) is 19.3 Å². The number of carboxylic acids is 3. The van der Waals surface area contributed by atoms with Crippen molar-refractivity contribution in [2.75, 3.05) is 19.6 Å². The molecule has 6 N–H and O–H groups in total. The number of hydrogen-bond acceptors (Lipinski definition) is 6. The molecule has 1 aliphatic heterocycles. The van der Waals surface area contributed by atoms with Gasteiger partial charge in [-0.1, -0.05) is 0 Å². The maximum atomic E-state index is 11.1. The van der Waals surface area contributed by atoms with Crippen molar-refractivity contribution in [3.8, 4) is 0 Å². The number of likely N-dealkylation sites (tertiary alicyclic amines) is 1. The molecular weight excluding hydrogens is 338 g/mol. The number of rotatable bonds is 10. The van der Waals surface area contributed by atoms with Crippen molar-refractivity contribution in [2.24, 2.45) is 5.73 Å². The number of aliphatic carboxylic acids is 3. The Morgan fingerprint density at radius 1 is 1.18 bits per heavy atom. The van der Waals surface area contributed by atoms with E-state index in [4.69, 9.17) is 21.1 Å². The summed E-state index contributed by atoms with van der Waals surface area (Å²) < 4.78 is 0. The van der Waals surface area contributed by atoms with Gasteiger partial charge >= 0.3 is 17.9 Å². The first kappa shape index (κ1) is 20.8. The average Bonchev–Trinajstić information content (AvgIpc) is 2.34. The van der Waals surface area contributed by atoms with Gasteiger partial charge in [0, 0.05) is 30.2 Å². The van der Waals surface area contributed by atoms with Gasteiger partial charge in [0.05, 0.1) is 0 Å². The van der Waals surface area contributed by atoms with E-state index < -0.39 is 36.0 Å². The van der Waals surface area contributed by atoms with E-state index in [9.17, 15) is 14.4 Å². The number of nitrogens with zero attached hydrogens (tertiary/aromatic N) is 1. The number of hydrogen-bond donors (Lipinski definition) is 5. The van der Waals surface area contributed by atoms with E-state index >= 15 is 0 Å². The molecular formula is C12H21FeN3O6. The molecule has 1 rings (SSSR count). The summed E-state index contributed by atoms with van der Waals surface area (Å²) in [5, 5.41) is 29.3. The predicted molar refractivity (Wildman–Crippen MR) is 71.9 cm³/mol. The molecule has 0 bridgehead atoms. The summed E-state index contributed by atoms with van der Waals surface area (Å²) in [7, 11) is 0. The van der Waals surface area contributed by atoms with Gasteiger partial charge in [0.15, 0.2) is 0 Å². The third-order valence-corrected chi connectivity index (χ3v) is 3.58. The van der Waals surface area contributed by atoms with Crippen LogP contribution >= 0.6 is 0 Å². The summed E-state index contributed by atoms with van der Waals surface area (Å²) in [6.07, 6.45) is 0.954. The van der Waals surface area contributed by atoms with Crippen molar-refractivity contribution in [1.29, 1.82) is 0 Å². The van der Waals surface area contributed by atoms with E-state index in [-0.39, 0.29) is 36.5 Å². The van der Waals surface area contributed by atoms with Crippen molar-refractivity contribution < 1.29 is 46.8 Å². The van der Waals surface area contributed by atoms with Crippen LogP contribution < -0.4 is 11.1 Å². The number of nitrogens with one attached hydrogen (secondary N) is 1. The molecule has 0 amide bonds. The van der Waals surface area contributed by atoms with Gasteiger partial charge in [-0.25, -0.2) is 0 Å². The summed E-state index contributed by atoms with van der Waals surface area (Å²) in [6.45, 7) is 1.19. The van der Waals surface area contributed by atoms with Gasteiger partial charge in [-0.05, 0) is 25.8 Å². The Morgan fingerprint density at radius 3 is 2.23 bits per heavy atom. The van der Waals surface area contributed by atoms with Crippen LogP contribution in [0.3, 0.4) is 0 Å². The maximum absolute atomic E-state index is 11.1. The summed E-state index contributed by atoms with van der Waals surface area (Å²) in [4.78, 5) is 34.2. The SMILES string of the molecule is N[C@@H](CCN[C@@H](CCN1CC[C@H]1C(=O)O)C(=O)O)C(=O)O.[Fe]. The molecule has 22 heavy (non-hydrogen) atoms. The van der Waals surface area contributed by atoms with Crippen molar-refractivity contribution in [3.63, 3.8) is 0 Å². The van der Waals surface area contributed by atoms with Crippen LogP contribution in [0.4, 0.5) is 0 Å². The van der Waals surface area contributed by atoms with Crippen LogP contribution in [0.5, 0.6) is 0 Å². The molecule has 0 aromatic rings. The molecule has 1 heterocycles. The minimum absolute atomic E-state index is 0. The Morgan fingerprint density at radius 2 is 1.82 bits per heavy atom. The summed E-state index contributed by atoms with van der Waals surface area (Å²) in [6, 6.07) is -2.40. The fraction of sp³-hybridized carbons (Fsp3) is 0.750. The zero-order valence-electron chi connectivity index (χ0n) is 11.9. The summed E-state index contributed by atoms with van der Waals surface area (Å²) in [5.41, 5.74) is 5.32. The molecule has 0 unspecified atom stereocenters. The number of carboxylic acid groups (broad SMARTS) is 3. The largest absolute Gasteiger partial charge is 0.480 e. The number of carbonyl (C=O) groups is 3. The Kier molecular flexibility index (Phi) is 9.22. The van der Waals surface area contributed by atoms with Gasteiger partial charge in [-0.15, -0.1) is 0 Å². The Bertz CT molecular complexity index is 408. The van der Waals surface area contributed by atoms with E-state index in [1.165, 1.54) is 0 Å². The van der Waals surface area contributed by atoms with Gasteiger partial charge < -0.3 is 26.4 Å². The van der Waals surface area contributed by atoms with Gasteiger partial charge in [-0.2, -0.15) is 0 Å². The Hall–Kier alpha value is -1.19. The summed E-state index contributed by atoms with van der Waals surface area (Å²) in [5.74, 6) is -3.08. The van der Waals surface area contributed by atoms with E-state index in [0.717, 1.165) is 0 Å². The van der Waals surface area contributed by atoms with Gasteiger partial charge in [0.1, 0.15) is 18.1 Å². The number of nitrogens with two attached hydrogens (primary N) is 1. The molecule has 1 aliphatic rings. The summed E-state index contributed by atoms with van der Waals surface area (Å²) >= 11 is 0. The molecule has 1 saturated heterocycles. The molecule has 0 aromatic carbocycles. The van der Waals surface area contributed by atoms with Crippen molar-refractivity contribution in [3.05, 3.63) is 0 Å². The quantitative estimate of drug-likeness (QED) is 0.290. The van der Waals surface area contributed by atoms with Crippen LogP contribution in [0.2, 0.25) is 0 Å². The normalized spacial score (nSPS) is 20.3. The molecule has 0 aromatic heterocycles. The fourth-order valence-corrected chi connectivity index (χ4v) is 2.13. The van der Waals surface area contributed by atoms with Crippen LogP contribution in [-0.2, 0) is 31.5 Å². The first-order valence-electron chi connectivity index (χ1n) is 6.74. The third-order valence-electron chi connectivity index (χ3n) is 3.58. The van der Waals surface area contributed by atoms with Crippen molar-refractivity contribution >= 4 is 17.9 Å². The molecule has 3 atom stereocenters. The van der Waals surface area contributed by atoms with Gasteiger partial charge in [-0.3, -0.25) is 19.3 Å². The molecule has 128 valence electrons. The van der Waals surface area contributed by atoms with Crippen LogP contribution in [0.25, 0.3) is 0 Å². The van der Waals surface area contributed by atoms with Crippen LogP contribution in [-0.4, -0.2) is 75.9 Å². The maximum Gasteiger partial charge on any atom is 0.320 e. The molecule has 1 fully saturated rings. The zero-order valence-corrected chi connectivity index (χ0v) is 13.0. The van der Waals surface area contributed by atoms with E-state index in [0.29, 0.717) is 19.5 Å². The zero-order chi connectivity index (χ0) is 16.0. The van der Waals surface area contributed by atoms with Crippen molar-refractivity contribution in [1.82, 2.24) is 10.2 Å². The second-order valence-electron chi connectivity index (χ2n) is 5.05. The van der Waals surface area contributed by atoms with Gasteiger partial charge in [0.2, 0.25) is 0 Å². The smallest absolute Gasteiger partial charge is 0.320 e. The third kappa shape index (κ3) is 6.29. The van der Waals surface area contributed by atoms with E-state index in [1.54, 1.807) is 4.90 Å². The molecule has 0 spiro atoms. The fourth-order valence-electron chi connectivity index (χ4n) is 2.13. The second-order valence-corrected chi connectivity index (χ2v) is 5.05. The Labute approximate surface area is 138 Å². The predicted octanol–water partition coefficient (Wildman–Crippen LogP) is -1.62. The molecule has 0 radical (unpaired) electrons. The monoisotopic (exact) mass is 359 g/mol. The standard InChI is InChI=1S/C12H21N3O6.Fe/c13-7(10(16)17)1-4-14-8(11(18)19)2-5-15-6-3-9(15)12(20)21;/h7-9,14H,1-6,13H2,(H,16,17)(H,18,19)(H,20,21);/t7-,8-,9-;/m0./s1. The average molecular weight is 359 g/mol. The Balaban J connectivity index is 0.00000441. The van der Waals surface area contributed by atoms with Gasteiger partial charge in [0.25, 0.3) is 0 Å². The minimum atomic E-state index is -1.13. The van der Waals surface area contributed by atoms with E-state index in [1.807, 2.05) is 0 Å². The topological polar surface area (TPSA) is 153 Å². The second kappa shape index (κ2) is 9.75. The molecule has 0 aliphatic carbocycles. The molecule has 9 nitrogen and oxygen atoms in total. The first-order chi connectivity index (χ1) is 9.82.